The van der Waals surface area contributed by atoms with Gasteiger partial charge >= 0.3 is 0 Å². The van der Waals surface area contributed by atoms with Gasteiger partial charge in [-0.05, 0) is 49.6 Å². The average Bonchev–Trinajstić information content (AvgIpc) is 3.20. The molecule has 0 radical (unpaired) electrons. The number of amides is 2. The van der Waals surface area contributed by atoms with E-state index in [0.717, 1.165) is 0 Å². The number of hydrogen-bond donors (Lipinski definition) is 2. The van der Waals surface area contributed by atoms with Crippen molar-refractivity contribution in [1.82, 2.24) is 20.8 Å². The molecule has 1 aromatic carbocycles. The van der Waals surface area contributed by atoms with Crippen LogP contribution in [-0.2, 0) is 0 Å². The molecule has 0 aliphatic heterocycles. The number of hydrogen-bond acceptors (Lipinski definition) is 6. The molecule has 0 fully saturated rings. The Labute approximate surface area is 164 Å². The number of aryl methyl sites for hydroxylation is 1. The zero-order chi connectivity index (χ0) is 19.4. The van der Waals surface area contributed by atoms with E-state index in [-0.39, 0.29) is 5.56 Å². The number of aromatic nitrogens is 2. The van der Waals surface area contributed by atoms with Crippen LogP contribution in [0.3, 0.4) is 0 Å². The van der Waals surface area contributed by atoms with Crippen molar-refractivity contribution >= 4 is 35.2 Å². The predicted octanol–water partition coefficient (Wildman–Crippen LogP) is 3.50. The zero-order valence-electron chi connectivity index (χ0n) is 14.4. The molecule has 9 heteroatoms. The highest BCUT2D eigenvalue weighted by molar-refractivity contribution is 7.98. The van der Waals surface area contributed by atoms with Gasteiger partial charge < -0.3 is 4.42 Å². The molecule has 0 atom stereocenters. The Bertz CT molecular complexity index is 975. The normalized spacial score (nSPS) is 10.5. The van der Waals surface area contributed by atoms with Gasteiger partial charge in [0, 0.05) is 10.6 Å². The zero-order valence-corrected chi connectivity index (χ0v) is 16.0. The van der Waals surface area contributed by atoms with E-state index in [4.69, 9.17) is 16.0 Å². The third kappa shape index (κ3) is 4.29. The van der Waals surface area contributed by atoms with E-state index in [1.807, 2.05) is 0 Å². The third-order valence-electron chi connectivity index (χ3n) is 3.61. The predicted molar refractivity (Wildman–Crippen MR) is 103 cm³/mol. The molecular weight excluding hydrogens is 388 g/mol. The van der Waals surface area contributed by atoms with Crippen LogP contribution in [0.15, 0.2) is 52.1 Å². The van der Waals surface area contributed by atoms with E-state index in [9.17, 15) is 9.59 Å². The summed E-state index contributed by atoms with van der Waals surface area (Å²) in [5, 5.41) is 0.997. The summed E-state index contributed by atoms with van der Waals surface area (Å²) >= 11 is 7.10. The summed E-state index contributed by atoms with van der Waals surface area (Å²) in [5.74, 6) is -0.0679. The molecule has 2 N–H and O–H groups in total. The van der Waals surface area contributed by atoms with Crippen molar-refractivity contribution in [1.29, 1.82) is 0 Å². The van der Waals surface area contributed by atoms with Crippen LogP contribution in [0.5, 0.6) is 0 Å². The minimum atomic E-state index is -0.509. The first-order valence-corrected chi connectivity index (χ1v) is 9.42. The van der Waals surface area contributed by atoms with Gasteiger partial charge in [-0.25, -0.2) is 9.97 Å². The number of rotatable bonds is 4. The number of nitrogens with one attached hydrogen (secondary N) is 2. The van der Waals surface area contributed by atoms with Crippen LogP contribution >= 0.6 is 23.4 Å². The molecule has 27 heavy (non-hydrogen) atoms. The molecule has 138 valence electrons. The molecule has 2 amide bonds. The molecule has 0 saturated carbocycles. The summed E-state index contributed by atoms with van der Waals surface area (Å²) in [4.78, 5) is 33.4. The minimum absolute atomic E-state index is 0.286. The van der Waals surface area contributed by atoms with Crippen molar-refractivity contribution in [2.24, 2.45) is 0 Å². The summed E-state index contributed by atoms with van der Waals surface area (Å²) < 4.78 is 5.31. The second-order valence-corrected chi connectivity index (χ2v) is 6.64. The maximum Gasteiger partial charge on any atom is 0.274 e. The van der Waals surface area contributed by atoms with Crippen molar-refractivity contribution in [3.8, 4) is 11.6 Å². The van der Waals surface area contributed by atoms with Gasteiger partial charge in [-0.2, -0.15) is 0 Å². The van der Waals surface area contributed by atoms with E-state index in [0.29, 0.717) is 32.9 Å². The quantitative estimate of drug-likeness (QED) is 0.394. The lowest BCUT2D eigenvalue weighted by Crippen LogP contribution is -2.42. The van der Waals surface area contributed by atoms with Gasteiger partial charge in [0.15, 0.2) is 11.6 Å². The second-order valence-electron chi connectivity index (χ2n) is 5.41. The summed E-state index contributed by atoms with van der Waals surface area (Å²) in [5.41, 5.74) is 5.89. The number of nitrogens with zero attached hydrogens (tertiary/aromatic N) is 2. The number of halogens is 1. The minimum Gasteiger partial charge on any atom is -0.461 e. The SMILES string of the molecule is CSc1nc(-c2ccco2)nc(C)c1C(=O)NNC(=O)c1ccc(Cl)cc1. The second kappa shape index (κ2) is 8.24. The molecule has 0 unspecified atom stereocenters. The molecule has 2 heterocycles. The van der Waals surface area contributed by atoms with Gasteiger partial charge in [-0.1, -0.05) is 11.6 Å². The molecule has 0 spiro atoms. The van der Waals surface area contributed by atoms with Crippen LogP contribution in [0.1, 0.15) is 26.4 Å². The van der Waals surface area contributed by atoms with Gasteiger partial charge in [-0.3, -0.25) is 20.4 Å². The highest BCUT2D eigenvalue weighted by atomic mass is 35.5. The number of hydrazine groups is 1. The van der Waals surface area contributed by atoms with Gasteiger partial charge in [0.1, 0.15) is 5.03 Å². The van der Waals surface area contributed by atoms with Crippen molar-refractivity contribution < 1.29 is 14.0 Å². The van der Waals surface area contributed by atoms with Gasteiger partial charge in [-0.15, -0.1) is 11.8 Å². The monoisotopic (exact) mass is 402 g/mol. The van der Waals surface area contributed by atoms with Crippen molar-refractivity contribution in [3.63, 3.8) is 0 Å². The molecule has 3 rings (SSSR count). The fraction of sp³-hybridized carbons (Fsp3) is 0.111. The highest BCUT2D eigenvalue weighted by Gasteiger charge is 2.20. The first-order chi connectivity index (χ1) is 13.0. The molecule has 0 bridgehead atoms. The molecule has 0 aliphatic rings. The number of carbonyl (C=O) groups excluding carboxylic acids is 2. The summed E-state index contributed by atoms with van der Waals surface area (Å²) in [7, 11) is 0. The lowest BCUT2D eigenvalue weighted by Gasteiger charge is -2.12. The number of benzene rings is 1. The van der Waals surface area contributed by atoms with Crippen LogP contribution in [0.4, 0.5) is 0 Å². The van der Waals surface area contributed by atoms with E-state index in [1.54, 1.807) is 49.6 Å². The highest BCUT2D eigenvalue weighted by Crippen LogP contribution is 2.25. The maximum atomic E-state index is 12.6. The molecular formula is C18H15ClN4O3S. The van der Waals surface area contributed by atoms with E-state index in [2.05, 4.69) is 20.8 Å². The molecule has 0 aliphatic carbocycles. The standard InChI is InChI=1S/C18H15ClN4O3S/c1-10-14(18(27-2)21-15(20-10)13-4-3-9-26-13)17(25)23-22-16(24)11-5-7-12(19)8-6-11/h3-9H,1-2H3,(H,22,24)(H,23,25). The van der Waals surface area contributed by atoms with Gasteiger partial charge in [0.05, 0.1) is 17.5 Å². The Morgan fingerprint density at radius 3 is 2.41 bits per heavy atom. The van der Waals surface area contributed by atoms with Crippen molar-refractivity contribution in [3.05, 3.63) is 64.5 Å². The Morgan fingerprint density at radius 1 is 1.07 bits per heavy atom. The fourth-order valence-corrected chi connectivity index (χ4v) is 3.07. The largest absolute Gasteiger partial charge is 0.461 e. The molecule has 7 nitrogen and oxygen atoms in total. The van der Waals surface area contributed by atoms with E-state index < -0.39 is 11.8 Å². The summed E-state index contributed by atoms with van der Waals surface area (Å²) in [6, 6.07) is 9.78. The van der Waals surface area contributed by atoms with Crippen molar-refractivity contribution in [2.75, 3.05) is 6.26 Å². The van der Waals surface area contributed by atoms with Crippen LogP contribution < -0.4 is 10.9 Å². The third-order valence-corrected chi connectivity index (χ3v) is 4.55. The number of carbonyl (C=O) groups is 2. The molecule has 2 aromatic heterocycles. The number of furan rings is 1. The Balaban J connectivity index is 1.78. The van der Waals surface area contributed by atoms with Crippen LogP contribution in [-0.4, -0.2) is 28.0 Å². The molecule has 3 aromatic rings. The Hall–Kier alpha value is -2.84. The van der Waals surface area contributed by atoms with Crippen LogP contribution in [0.25, 0.3) is 11.6 Å². The number of thioether (sulfide) groups is 1. The van der Waals surface area contributed by atoms with E-state index >= 15 is 0 Å². The van der Waals surface area contributed by atoms with E-state index in [1.165, 1.54) is 18.0 Å². The van der Waals surface area contributed by atoms with Crippen molar-refractivity contribution in [2.45, 2.75) is 11.9 Å². The summed E-state index contributed by atoms with van der Waals surface area (Å²) in [6.45, 7) is 1.70. The van der Waals surface area contributed by atoms with Crippen LogP contribution in [0, 0.1) is 6.92 Å². The lowest BCUT2D eigenvalue weighted by atomic mass is 10.2. The lowest BCUT2D eigenvalue weighted by molar-refractivity contribution is 0.0844. The maximum absolute atomic E-state index is 12.6. The first kappa shape index (κ1) is 18.9. The Morgan fingerprint density at radius 2 is 1.78 bits per heavy atom. The smallest absolute Gasteiger partial charge is 0.274 e. The molecule has 0 saturated heterocycles. The van der Waals surface area contributed by atoms with Crippen LogP contribution in [0.2, 0.25) is 5.02 Å². The topological polar surface area (TPSA) is 97.1 Å². The summed E-state index contributed by atoms with van der Waals surface area (Å²) in [6.07, 6.45) is 3.33. The Kier molecular flexibility index (Phi) is 5.78. The van der Waals surface area contributed by atoms with Gasteiger partial charge in [0.2, 0.25) is 0 Å². The fourth-order valence-electron chi connectivity index (χ4n) is 2.32. The van der Waals surface area contributed by atoms with Gasteiger partial charge in [0.25, 0.3) is 11.8 Å². The average molecular weight is 403 g/mol. The first-order valence-electron chi connectivity index (χ1n) is 7.82.